The molecule has 1 saturated heterocycles. The van der Waals surface area contributed by atoms with E-state index >= 15 is 0 Å². The Morgan fingerprint density at radius 3 is 2.56 bits per heavy atom. The number of rotatable bonds is 3. The van der Waals surface area contributed by atoms with Crippen LogP contribution in [0.25, 0.3) is 0 Å². The van der Waals surface area contributed by atoms with Crippen LogP contribution in [-0.4, -0.2) is 44.1 Å². The van der Waals surface area contributed by atoms with Crippen LogP contribution < -0.4 is 11.2 Å². The first kappa shape index (κ1) is 18.0. The highest BCUT2D eigenvalue weighted by Crippen LogP contribution is 2.27. The molecule has 0 saturated carbocycles. The maximum atomic E-state index is 12.7. The maximum Gasteiger partial charge on any atom is 0.340 e. The van der Waals surface area contributed by atoms with Gasteiger partial charge in [0.2, 0.25) is 0 Å². The molecular formula is C16H15IN2O6. The van der Waals surface area contributed by atoms with Gasteiger partial charge in [-0.05, 0) is 34.7 Å². The first-order valence-corrected chi connectivity index (χ1v) is 8.59. The Bertz CT molecular complexity index is 907. The highest BCUT2D eigenvalue weighted by Gasteiger charge is 2.35. The highest BCUT2D eigenvalue weighted by atomic mass is 127. The van der Waals surface area contributed by atoms with Gasteiger partial charge in [0.15, 0.2) is 0 Å². The van der Waals surface area contributed by atoms with E-state index in [9.17, 15) is 24.6 Å². The van der Waals surface area contributed by atoms with Gasteiger partial charge in [-0.2, -0.15) is 4.57 Å². The zero-order valence-electron chi connectivity index (χ0n) is 12.9. The molecule has 25 heavy (non-hydrogen) atoms. The Kier molecular flexibility index (Phi) is 5.18. The Morgan fingerprint density at radius 2 is 1.96 bits per heavy atom. The average molecular weight is 458 g/mol. The van der Waals surface area contributed by atoms with E-state index in [2.05, 4.69) is 0 Å². The van der Waals surface area contributed by atoms with Crippen LogP contribution in [0.1, 0.15) is 23.0 Å². The lowest BCUT2D eigenvalue weighted by molar-refractivity contribution is -0.0462. The maximum absolute atomic E-state index is 12.7. The van der Waals surface area contributed by atoms with Gasteiger partial charge in [-0.1, -0.05) is 18.2 Å². The van der Waals surface area contributed by atoms with Crippen molar-refractivity contribution in [3.05, 3.63) is 66.5 Å². The van der Waals surface area contributed by atoms with Gasteiger partial charge in [-0.15, -0.1) is 0 Å². The van der Waals surface area contributed by atoms with Crippen molar-refractivity contribution >= 4 is 28.5 Å². The number of aliphatic hydroxyl groups is 2. The van der Waals surface area contributed by atoms with Crippen molar-refractivity contribution in [2.45, 2.75) is 24.9 Å². The number of hydrogen-bond donors (Lipinski definition) is 2. The van der Waals surface area contributed by atoms with Crippen molar-refractivity contribution in [3.8, 4) is 0 Å². The summed E-state index contributed by atoms with van der Waals surface area (Å²) in [6.07, 6.45) is -1.27. The van der Waals surface area contributed by atoms with Crippen molar-refractivity contribution in [2.75, 3.05) is 6.61 Å². The minimum absolute atomic E-state index is 0.0684. The van der Waals surface area contributed by atoms with Gasteiger partial charge in [0.1, 0.15) is 12.3 Å². The van der Waals surface area contributed by atoms with Crippen LogP contribution in [-0.2, 0) is 4.74 Å². The molecule has 0 amide bonds. The van der Waals surface area contributed by atoms with E-state index < -0.39 is 42.2 Å². The third kappa shape index (κ3) is 3.32. The standard InChI is InChI=1S/C16H15IN2O6/c17-10-7-18(13-6-11(21)12(8-20)25-13)16(24)19(15(10)23)14(22)9-4-2-1-3-5-9/h1-5,7,11-13,20-21H,6,8H2/t11-,12+,13+/m0/s1. The normalized spacial score (nSPS) is 22.9. The Morgan fingerprint density at radius 1 is 1.28 bits per heavy atom. The Labute approximate surface area is 155 Å². The minimum atomic E-state index is -0.940. The number of nitrogens with zero attached hydrogens (tertiary/aromatic N) is 2. The van der Waals surface area contributed by atoms with Gasteiger partial charge in [-0.25, -0.2) is 4.79 Å². The fourth-order valence-electron chi connectivity index (χ4n) is 2.69. The van der Waals surface area contributed by atoms with Gasteiger partial charge in [0, 0.05) is 18.2 Å². The number of benzene rings is 1. The summed E-state index contributed by atoms with van der Waals surface area (Å²) in [7, 11) is 0. The molecule has 0 bridgehead atoms. The third-order valence-corrected chi connectivity index (χ3v) is 4.73. The number of ether oxygens (including phenoxy) is 1. The first-order chi connectivity index (χ1) is 11.9. The van der Waals surface area contributed by atoms with E-state index in [1.807, 2.05) is 0 Å². The Balaban J connectivity index is 2.09. The molecule has 3 atom stereocenters. The smallest absolute Gasteiger partial charge is 0.340 e. The minimum Gasteiger partial charge on any atom is -0.394 e. The second-order valence-corrected chi connectivity index (χ2v) is 6.76. The van der Waals surface area contributed by atoms with E-state index in [0.29, 0.717) is 4.57 Å². The molecule has 132 valence electrons. The van der Waals surface area contributed by atoms with Crippen molar-refractivity contribution in [3.63, 3.8) is 0 Å². The fourth-order valence-corrected chi connectivity index (χ4v) is 3.23. The van der Waals surface area contributed by atoms with Crippen LogP contribution in [0.15, 0.2) is 46.1 Å². The zero-order valence-corrected chi connectivity index (χ0v) is 15.1. The lowest BCUT2D eigenvalue weighted by Crippen LogP contribution is -2.45. The summed E-state index contributed by atoms with van der Waals surface area (Å²) in [5, 5.41) is 19.0. The number of carbonyl (C=O) groups is 1. The summed E-state index contributed by atoms with van der Waals surface area (Å²) >= 11 is 1.74. The van der Waals surface area contributed by atoms with Gasteiger partial charge >= 0.3 is 5.69 Å². The number of carbonyl (C=O) groups excluding carboxylic acids is 1. The summed E-state index contributed by atoms with van der Waals surface area (Å²) in [5.41, 5.74) is -1.36. The van der Waals surface area contributed by atoms with E-state index in [-0.39, 0.29) is 15.6 Å². The van der Waals surface area contributed by atoms with Gasteiger partial charge in [-0.3, -0.25) is 14.2 Å². The molecule has 1 aromatic carbocycles. The summed E-state index contributed by atoms with van der Waals surface area (Å²) in [6.45, 7) is -0.397. The van der Waals surface area contributed by atoms with Crippen LogP contribution in [0.3, 0.4) is 0 Å². The molecule has 1 aliphatic rings. The van der Waals surface area contributed by atoms with E-state index in [1.165, 1.54) is 18.3 Å². The molecule has 0 aliphatic carbocycles. The van der Waals surface area contributed by atoms with Crippen molar-refractivity contribution < 1.29 is 19.7 Å². The molecule has 9 heteroatoms. The molecule has 1 aliphatic heterocycles. The summed E-state index contributed by atoms with van der Waals surface area (Å²) in [5.74, 6) is -0.736. The van der Waals surface area contributed by atoms with Crippen molar-refractivity contribution in [2.24, 2.45) is 0 Å². The van der Waals surface area contributed by atoms with E-state index in [1.54, 1.807) is 40.8 Å². The highest BCUT2D eigenvalue weighted by molar-refractivity contribution is 14.1. The lowest BCUT2D eigenvalue weighted by Gasteiger charge is -2.16. The quantitative estimate of drug-likeness (QED) is 0.624. The van der Waals surface area contributed by atoms with Crippen molar-refractivity contribution in [1.29, 1.82) is 0 Å². The topological polar surface area (TPSA) is 111 Å². The second kappa shape index (κ2) is 7.20. The average Bonchev–Trinajstić information content (AvgIpc) is 2.99. The summed E-state index contributed by atoms with van der Waals surface area (Å²) in [6, 6.07) is 8.00. The van der Waals surface area contributed by atoms with Gasteiger partial charge < -0.3 is 14.9 Å². The zero-order chi connectivity index (χ0) is 18.1. The summed E-state index contributed by atoms with van der Waals surface area (Å²) in [4.78, 5) is 37.7. The van der Waals surface area contributed by atoms with Crippen molar-refractivity contribution in [1.82, 2.24) is 9.13 Å². The number of aromatic nitrogens is 2. The number of hydrogen-bond acceptors (Lipinski definition) is 6. The molecule has 0 spiro atoms. The molecule has 8 nitrogen and oxygen atoms in total. The number of halogens is 1. The SMILES string of the molecule is O=C(c1ccccc1)n1c(=O)c(I)cn([C@H]2C[C@H](O)[C@@H](CO)O2)c1=O. The Hall–Kier alpha value is -1.82. The fraction of sp³-hybridized carbons (Fsp3) is 0.312. The molecule has 0 radical (unpaired) electrons. The van der Waals surface area contributed by atoms with Crippen LogP contribution in [0.2, 0.25) is 0 Å². The predicted octanol–water partition coefficient (Wildman–Crippen LogP) is -0.0562. The molecule has 2 N–H and O–H groups in total. The summed E-state index contributed by atoms with van der Waals surface area (Å²) < 4.78 is 7.27. The number of aliphatic hydroxyl groups excluding tert-OH is 2. The molecule has 2 heterocycles. The first-order valence-electron chi connectivity index (χ1n) is 7.52. The van der Waals surface area contributed by atoms with Crippen LogP contribution >= 0.6 is 22.6 Å². The largest absolute Gasteiger partial charge is 0.394 e. The van der Waals surface area contributed by atoms with E-state index in [0.717, 1.165) is 4.57 Å². The third-order valence-electron chi connectivity index (χ3n) is 3.99. The molecule has 1 fully saturated rings. The van der Waals surface area contributed by atoms with Crippen LogP contribution in [0.5, 0.6) is 0 Å². The molecule has 2 aromatic rings. The molecule has 0 unspecified atom stereocenters. The second-order valence-electron chi connectivity index (χ2n) is 5.59. The van der Waals surface area contributed by atoms with Crippen LogP contribution in [0, 0.1) is 3.57 Å². The monoisotopic (exact) mass is 458 g/mol. The van der Waals surface area contributed by atoms with E-state index in [4.69, 9.17) is 4.74 Å². The molecule has 3 rings (SSSR count). The van der Waals surface area contributed by atoms with Gasteiger partial charge in [0.05, 0.1) is 16.3 Å². The lowest BCUT2D eigenvalue weighted by atomic mass is 10.2. The van der Waals surface area contributed by atoms with Crippen LogP contribution in [0.4, 0.5) is 0 Å². The predicted molar refractivity (Wildman–Crippen MR) is 95.5 cm³/mol. The molecule has 1 aromatic heterocycles. The van der Waals surface area contributed by atoms with Gasteiger partial charge in [0.25, 0.3) is 11.5 Å². The molecular weight excluding hydrogens is 443 g/mol.